The lowest BCUT2D eigenvalue weighted by Crippen LogP contribution is -2.28. The number of aromatic nitrogens is 1. The molecule has 0 radical (unpaired) electrons. The Bertz CT molecular complexity index is 1710. The van der Waals surface area contributed by atoms with Gasteiger partial charge in [-0.05, 0) is 94.6 Å². The van der Waals surface area contributed by atoms with Crippen LogP contribution in [0.2, 0.25) is 0 Å². The summed E-state index contributed by atoms with van der Waals surface area (Å²) in [7, 11) is 0. The molecule has 1 atom stereocenters. The van der Waals surface area contributed by atoms with E-state index in [0.29, 0.717) is 16.6 Å². The van der Waals surface area contributed by atoms with Gasteiger partial charge in [0.05, 0.1) is 5.56 Å². The number of thiocarbonyl (C=S) groups is 1. The summed E-state index contributed by atoms with van der Waals surface area (Å²) in [4.78, 5) is 3.63. The van der Waals surface area contributed by atoms with Crippen molar-refractivity contribution in [3.8, 4) is 22.3 Å². The van der Waals surface area contributed by atoms with Gasteiger partial charge < -0.3 is 15.6 Å². The van der Waals surface area contributed by atoms with Gasteiger partial charge in [-0.3, -0.25) is 0 Å². The van der Waals surface area contributed by atoms with Crippen LogP contribution in [0.1, 0.15) is 33.4 Å². The number of H-pyrrole nitrogens is 1. The predicted octanol–water partition coefficient (Wildman–Crippen LogP) is 8.72. The zero-order chi connectivity index (χ0) is 29.3. The maximum absolute atomic E-state index is 13.1. The van der Waals surface area contributed by atoms with E-state index in [-0.39, 0.29) is 0 Å². The van der Waals surface area contributed by atoms with Gasteiger partial charge in [-0.2, -0.15) is 13.2 Å². The van der Waals surface area contributed by atoms with Gasteiger partial charge in [0.2, 0.25) is 0 Å². The third-order valence-electron chi connectivity index (χ3n) is 7.90. The number of hydrogen-bond donors (Lipinski definition) is 3. The van der Waals surface area contributed by atoms with E-state index in [0.717, 1.165) is 53.9 Å². The Balaban J connectivity index is 1.11. The third kappa shape index (κ3) is 6.03. The van der Waals surface area contributed by atoms with E-state index in [1.54, 1.807) is 0 Å². The monoisotopic (exact) mass is 581 g/mol. The lowest BCUT2D eigenvalue weighted by Gasteiger charge is -2.16. The number of fused-ring (bicyclic) bond motifs is 1. The molecule has 42 heavy (non-hydrogen) atoms. The highest BCUT2D eigenvalue weighted by molar-refractivity contribution is 7.81. The van der Waals surface area contributed by atoms with Gasteiger partial charge in [-0.25, -0.2) is 0 Å². The third-order valence-corrected chi connectivity index (χ3v) is 8.22. The molecule has 0 fully saturated rings. The number of aromatic amines is 1. The van der Waals surface area contributed by atoms with Gasteiger partial charge in [0, 0.05) is 36.2 Å². The van der Waals surface area contributed by atoms with Crippen molar-refractivity contribution in [1.82, 2.24) is 10.3 Å². The molecule has 0 amide bonds. The molecule has 6 rings (SSSR count). The summed E-state index contributed by atoms with van der Waals surface area (Å²) >= 11 is 5.81. The van der Waals surface area contributed by atoms with Gasteiger partial charge in [0.1, 0.15) is 4.99 Å². The van der Waals surface area contributed by atoms with Crippen molar-refractivity contribution in [2.24, 2.45) is 0 Å². The lowest BCUT2D eigenvalue weighted by molar-refractivity contribution is -0.137. The minimum absolute atomic E-state index is 0.356. The highest BCUT2D eigenvalue weighted by Crippen LogP contribution is 2.34. The maximum Gasteiger partial charge on any atom is 0.416 e. The number of anilines is 1. The van der Waals surface area contributed by atoms with Crippen LogP contribution in [0.5, 0.6) is 0 Å². The summed E-state index contributed by atoms with van der Waals surface area (Å²) in [6.45, 7) is 2.75. The minimum atomic E-state index is -4.37. The second-order valence-electron chi connectivity index (χ2n) is 10.8. The van der Waals surface area contributed by atoms with Crippen molar-refractivity contribution in [2.45, 2.75) is 38.5 Å². The largest absolute Gasteiger partial charge is 0.416 e. The van der Waals surface area contributed by atoms with Gasteiger partial charge in [0.15, 0.2) is 0 Å². The normalized spacial score (nSPS) is 14.5. The molecule has 0 bridgehead atoms. The zero-order valence-corrected chi connectivity index (χ0v) is 23.9. The summed E-state index contributed by atoms with van der Waals surface area (Å²) in [6, 6.07) is 28.4. The van der Waals surface area contributed by atoms with E-state index in [1.165, 1.54) is 39.9 Å². The van der Waals surface area contributed by atoms with Gasteiger partial charge >= 0.3 is 6.18 Å². The van der Waals surface area contributed by atoms with Crippen molar-refractivity contribution in [3.63, 3.8) is 0 Å². The first-order chi connectivity index (χ1) is 20.2. The van der Waals surface area contributed by atoms with Gasteiger partial charge in [-0.1, -0.05) is 72.9 Å². The highest BCUT2D eigenvalue weighted by Gasteiger charge is 2.30. The van der Waals surface area contributed by atoms with Crippen LogP contribution in [0.3, 0.4) is 0 Å². The second kappa shape index (κ2) is 11.6. The molecule has 212 valence electrons. The number of halogens is 3. The van der Waals surface area contributed by atoms with Crippen molar-refractivity contribution in [2.75, 3.05) is 5.32 Å². The molecule has 1 aliphatic rings. The minimum Gasteiger partial charge on any atom is -0.367 e. The number of hydrogen-bond acceptors (Lipinski definition) is 2. The van der Waals surface area contributed by atoms with E-state index in [1.807, 2.05) is 43.6 Å². The first-order valence-corrected chi connectivity index (χ1v) is 14.3. The molecule has 0 aliphatic heterocycles. The Hall–Kier alpha value is -4.20. The molecule has 7 heteroatoms. The molecule has 5 aromatic rings. The molecule has 0 unspecified atom stereocenters. The summed E-state index contributed by atoms with van der Waals surface area (Å²) in [5, 5.41) is 7.09. The fraction of sp³-hybridized carbons (Fsp3) is 0.171. The molecular weight excluding hydrogens is 551 g/mol. The quantitative estimate of drug-likeness (QED) is 0.168. The average Bonchev–Trinajstić information content (AvgIpc) is 3.66. The van der Waals surface area contributed by atoms with Crippen molar-refractivity contribution in [3.05, 3.63) is 137 Å². The Kier molecular flexibility index (Phi) is 7.71. The molecule has 0 spiro atoms. The molecule has 1 aromatic heterocycles. The van der Waals surface area contributed by atoms with Crippen molar-refractivity contribution < 1.29 is 13.2 Å². The van der Waals surface area contributed by atoms with E-state index < -0.39 is 11.7 Å². The number of benzene rings is 4. The van der Waals surface area contributed by atoms with E-state index in [9.17, 15) is 13.2 Å². The van der Waals surface area contributed by atoms with Crippen LogP contribution < -0.4 is 10.6 Å². The van der Waals surface area contributed by atoms with Gasteiger partial charge in [-0.15, -0.1) is 0 Å². The molecule has 3 nitrogen and oxygen atoms in total. The van der Waals surface area contributed by atoms with Crippen LogP contribution in [0.25, 0.3) is 22.3 Å². The molecule has 0 saturated carbocycles. The molecule has 1 heterocycles. The number of alkyl halides is 3. The first-order valence-electron chi connectivity index (χ1n) is 13.9. The molecule has 0 saturated heterocycles. The molecule has 4 aromatic carbocycles. The predicted molar refractivity (Wildman–Crippen MR) is 168 cm³/mol. The highest BCUT2D eigenvalue weighted by atomic mass is 32.1. The molecule has 1 aliphatic carbocycles. The first kappa shape index (κ1) is 27.9. The van der Waals surface area contributed by atoms with E-state index in [4.69, 9.17) is 12.2 Å². The summed E-state index contributed by atoms with van der Waals surface area (Å²) in [5.74, 6) is 0. The van der Waals surface area contributed by atoms with E-state index >= 15 is 0 Å². The fourth-order valence-electron chi connectivity index (χ4n) is 5.69. The Morgan fingerprint density at radius 2 is 1.60 bits per heavy atom. The van der Waals surface area contributed by atoms with Gasteiger partial charge in [0.25, 0.3) is 0 Å². The maximum atomic E-state index is 13.1. The number of aryl methyl sites for hydroxylation is 1. The Morgan fingerprint density at radius 1 is 0.857 bits per heavy atom. The van der Waals surface area contributed by atoms with Crippen LogP contribution in [-0.2, 0) is 25.6 Å². The number of nitrogens with one attached hydrogen (secondary N) is 3. The summed E-state index contributed by atoms with van der Waals surface area (Å²) < 4.78 is 39.3. The van der Waals surface area contributed by atoms with Crippen LogP contribution in [-0.4, -0.2) is 16.0 Å². The standard InChI is InChI=1S/C35H30F3N3S/c1-22-3-2-4-32(33(22)25-9-12-29(13-10-25)35(36,37)38)34(42)41-30-14-11-26-17-31(19-28(26)18-30)40-20-23-5-7-24(8-6-23)27-15-16-39-21-27/h2-16,18,21,31,39-40H,17,19-20H2,1H3,(H,41,42)/t31-/m0/s1. The number of rotatable bonds is 7. The molecular formula is C35H30F3N3S. The Labute approximate surface area is 248 Å². The smallest absolute Gasteiger partial charge is 0.367 e. The van der Waals surface area contributed by atoms with Crippen molar-refractivity contribution in [1.29, 1.82) is 0 Å². The van der Waals surface area contributed by atoms with Crippen LogP contribution in [0, 0.1) is 6.92 Å². The zero-order valence-electron chi connectivity index (χ0n) is 23.1. The lowest BCUT2D eigenvalue weighted by atomic mass is 9.94. The summed E-state index contributed by atoms with van der Waals surface area (Å²) in [5.41, 5.74) is 9.73. The Morgan fingerprint density at radius 3 is 2.31 bits per heavy atom. The van der Waals surface area contributed by atoms with E-state index in [2.05, 4.69) is 58.1 Å². The average molecular weight is 582 g/mol. The molecule has 3 N–H and O–H groups in total. The summed E-state index contributed by atoms with van der Waals surface area (Å²) in [6.07, 6.45) is 1.45. The fourth-order valence-corrected chi connectivity index (χ4v) is 5.97. The van der Waals surface area contributed by atoms with Crippen LogP contribution in [0.15, 0.2) is 103 Å². The second-order valence-corrected chi connectivity index (χ2v) is 11.2. The SMILES string of the molecule is Cc1cccc(C(=S)Nc2ccc3c(c2)C[C@@H](NCc2ccc(-c4cc[nH]c4)cc2)C3)c1-c1ccc(C(F)(F)F)cc1. The van der Waals surface area contributed by atoms with Crippen molar-refractivity contribution >= 4 is 22.9 Å². The topological polar surface area (TPSA) is 39.8 Å². The van der Waals surface area contributed by atoms with Crippen LogP contribution in [0.4, 0.5) is 18.9 Å². The van der Waals surface area contributed by atoms with Crippen LogP contribution >= 0.6 is 12.2 Å².